The Morgan fingerprint density at radius 3 is 2.25 bits per heavy atom. The van der Waals surface area contributed by atoms with Gasteiger partial charge in [-0.05, 0) is 33.2 Å². The van der Waals surface area contributed by atoms with E-state index in [1.165, 1.54) is 12.3 Å². The van der Waals surface area contributed by atoms with Crippen LogP contribution in [-0.4, -0.2) is 29.3 Å². The van der Waals surface area contributed by atoms with Crippen molar-refractivity contribution >= 4 is 12.6 Å². The van der Waals surface area contributed by atoms with Gasteiger partial charge in [-0.15, -0.1) is 0 Å². The Morgan fingerprint density at radius 2 is 1.75 bits per heavy atom. The molecular weight excluding hydrogens is 267 g/mol. The van der Waals surface area contributed by atoms with Gasteiger partial charge in [0.1, 0.15) is 0 Å². The lowest BCUT2D eigenvalue weighted by Crippen LogP contribution is -2.41. The highest BCUT2D eigenvalue weighted by Crippen LogP contribution is 2.36. The Kier molecular flexibility index (Phi) is 3.77. The summed E-state index contributed by atoms with van der Waals surface area (Å²) in [7, 11) is -0.662. The number of nitrogens with zero attached hydrogens (tertiary/aromatic N) is 1. The highest BCUT2D eigenvalue weighted by atomic mass is 19.3. The molecule has 0 N–H and O–H groups in total. The first-order chi connectivity index (χ1) is 9.12. The van der Waals surface area contributed by atoms with Crippen LogP contribution >= 0.6 is 0 Å². The van der Waals surface area contributed by atoms with Gasteiger partial charge in [-0.25, -0.2) is 8.78 Å². The van der Waals surface area contributed by atoms with Gasteiger partial charge in [0.05, 0.1) is 17.7 Å². The van der Waals surface area contributed by atoms with Crippen LogP contribution in [0.25, 0.3) is 0 Å². The molecule has 1 aromatic heterocycles. The molecule has 4 nitrogen and oxygen atoms in total. The van der Waals surface area contributed by atoms with Crippen molar-refractivity contribution in [3.05, 3.63) is 28.7 Å². The Hall–Kier alpha value is -1.21. The van der Waals surface area contributed by atoms with Crippen LogP contribution in [0, 0.1) is 0 Å². The summed E-state index contributed by atoms with van der Waals surface area (Å²) in [6.45, 7) is 6.99. The monoisotopic (exact) mass is 285 g/mol. The average molecular weight is 285 g/mol. The molecule has 7 heteroatoms. The van der Waals surface area contributed by atoms with Gasteiger partial charge in [-0.3, -0.25) is 4.79 Å². The van der Waals surface area contributed by atoms with Crippen LogP contribution in [0.1, 0.15) is 27.7 Å². The normalized spacial score (nSPS) is 20.6. The molecule has 0 unspecified atom stereocenters. The van der Waals surface area contributed by atoms with Crippen molar-refractivity contribution in [2.45, 2.75) is 51.9 Å². The van der Waals surface area contributed by atoms with Crippen LogP contribution in [0.5, 0.6) is 0 Å². The summed E-state index contributed by atoms with van der Waals surface area (Å²) in [5.74, 6) is 0. The molecule has 1 aromatic rings. The largest absolute Gasteiger partial charge is 0.496 e. The Balaban J connectivity index is 2.29. The van der Waals surface area contributed by atoms with E-state index in [0.29, 0.717) is 5.46 Å². The Labute approximate surface area is 116 Å². The van der Waals surface area contributed by atoms with E-state index in [1.807, 2.05) is 27.7 Å². The van der Waals surface area contributed by atoms with E-state index in [-0.39, 0.29) is 0 Å². The minimum atomic E-state index is -2.58. The van der Waals surface area contributed by atoms with Crippen molar-refractivity contribution in [2.24, 2.45) is 0 Å². The lowest BCUT2D eigenvalue weighted by atomic mass is 9.80. The zero-order valence-corrected chi connectivity index (χ0v) is 12.0. The molecule has 20 heavy (non-hydrogen) atoms. The van der Waals surface area contributed by atoms with E-state index < -0.39 is 36.8 Å². The molecule has 1 saturated heterocycles. The molecular formula is C13H18BF2NO3. The molecule has 0 aromatic carbocycles. The van der Waals surface area contributed by atoms with Crippen LogP contribution in [0.2, 0.25) is 0 Å². The summed E-state index contributed by atoms with van der Waals surface area (Å²) in [6, 6.07) is 2.80. The maximum atomic E-state index is 12.4. The summed E-state index contributed by atoms with van der Waals surface area (Å²) >= 11 is 0. The summed E-state index contributed by atoms with van der Waals surface area (Å²) in [4.78, 5) is 11.5. The number of pyridine rings is 1. The van der Waals surface area contributed by atoms with Crippen molar-refractivity contribution in [1.29, 1.82) is 0 Å². The maximum Gasteiger partial charge on any atom is 0.496 e. The average Bonchev–Trinajstić information content (AvgIpc) is 2.50. The van der Waals surface area contributed by atoms with Gasteiger partial charge in [0, 0.05) is 12.3 Å². The Bertz CT molecular complexity index is 541. The molecule has 0 aliphatic carbocycles. The molecule has 1 aliphatic heterocycles. The SMILES string of the molecule is CC1(C)OB(c2ccc(=O)n(CC(F)F)c2)OC1(C)C. The quantitative estimate of drug-likeness (QED) is 0.788. The molecule has 0 bridgehead atoms. The van der Waals surface area contributed by atoms with Gasteiger partial charge in [0.15, 0.2) is 0 Å². The highest BCUT2D eigenvalue weighted by molar-refractivity contribution is 6.62. The fraction of sp³-hybridized carbons (Fsp3) is 0.615. The lowest BCUT2D eigenvalue weighted by molar-refractivity contribution is 0.00578. The lowest BCUT2D eigenvalue weighted by Gasteiger charge is -2.32. The van der Waals surface area contributed by atoms with Gasteiger partial charge in [0.2, 0.25) is 0 Å². The molecule has 1 fully saturated rings. The summed E-state index contributed by atoms with van der Waals surface area (Å²) in [6.07, 6.45) is -1.21. The number of rotatable bonds is 3. The first-order valence-corrected chi connectivity index (χ1v) is 6.46. The number of aromatic nitrogens is 1. The molecule has 2 heterocycles. The second kappa shape index (κ2) is 4.97. The van der Waals surface area contributed by atoms with Crippen LogP contribution in [0.4, 0.5) is 8.78 Å². The number of alkyl halides is 2. The van der Waals surface area contributed by atoms with Crippen LogP contribution in [-0.2, 0) is 15.9 Å². The first-order valence-electron chi connectivity index (χ1n) is 6.46. The second-order valence-corrected chi connectivity index (χ2v) is 5.93. The predicted octanol–water partition coefficient (Wildman–Crippen LogP) is 1.41. The topological polar surface area (TPSA) is 40.5 Å². The zero-order valence-electron chi connectivity index (χ0n) is 12.0. The molecule has 2 rings (SSSR count). The molecule has 0 atom stereocenters. The fourth-order valence-corrected chi connectivity index (χ4v) is 1.96. The molecule has 110 valence electrons. The Morgan fingerprint density at radius 1 is 1.20 bits per heavy atom. The van der Waals surface area contributed by atoms with E-state index in [9.17, 15) is 13.6 Å². The fourth-order valence-electron chi connectivity index (χ4n) is 1.96. The first kappa shape index (κ1) is 15.2. The standard InChI is InChI=1S/C13H18BF2NO3/c1-12(2)13(3,4)20-14(19-12)9-5-6-11(18)17(7-9)8-10(15)16/h5-7,10H,8H2,1-4H3. The molecule has 0 saturated carbocycles. The molecule has 0 radical (unpaired) electrons. The summed E-state index contributed by atoms with van der Waals surface area (Å²) in [5, 5.41) is 0. The van der Waals surface area contributed by atoms with Crippen LogP contribution < -0.4 is 11.0 Å². The van der Waals surface area contributed by atoms with Gasteiger partial charge in [-0.2, -0.15) is 0 Å². The third-order valence-electron chi connectivity index (χ3n) is 3.87. The van der Waals surface area contributed by atoms with Gasteiger partial charge >= 0.3 is 7.12 Å². The number of hydrogen-bond acceptors (Lipinski definition) is 3. The second-order valence-electron chi connectivity index (χ2n) is 5.93. The van der Waals surface area contributed by atoms with Gasteiger partial charge in [0.25, 0.3) is 12.0 Å². The van der Waals surface area contributed by atoms with E-state index >= 15 is 0 Å². The molecule has 0 amide bonds. The van der Waals surface area contributed by atoms with Crippen molar-refractivity contribution in [3.8, 4) is 0 Å². The maximum absolute atomic E-state index is 12.4. The van der Waals surface area contributed by atoms with Crippen molar-refractivity contribution in [2.75, 3.05) is 0 Å². The third kappa shape index (κ3) is 2.78. The minimum absolute atomic E-state index is 0.467. The van der Waals surface area contributed by atoms with E-state index in [2.05, 4.69) is 0 Å². The number of halogens is 2. The minimum Gasteiger partial charge on any atom is -0.399 e. The highest BCUT2D eigenvalue weighted by Gasteiger charge is 2.51. The van der Waals surface area contributed by atoms with Crippen molar-refractivity contribution in [3.63, 3.8) is 0 Å². The van der Waals surface area contributed by atoms with Crippen LogP contribution in [0.15, 0.2) is 23.1 Å². The predicted molar refractivity (Wildman–Crippen MR) is 72.4 cm³/mol. The van der Waals surface area contributed by atoms with Crippen molar-refractivity contribution in [1.82, 2.24) is 4.57 Å². The van der Waals surface area contributed by atoms with E-state index in [1.54, 1.807) is 6.07 Å². The third-order valence-corrected chi connectivity index (χ3v) is 3.87. The summed E-state index contributed by atoms with van der Waals surface area (Å²) < 4.78 is 37.5. The van der Waals surface area contributed by atoms with Crippen LogP contribution in [0.3, 0.4) is 0 Å². The van der Waals surface area contributed by atoms with Crippen molar-refractivity contribution < 1.29 is 18.1 Å². The van der Waals surface area contributed by atoms with Gasteiger partial charge in [-0.1, -0.05) is 6.07 Å². The smallest absolute Gasteiger partial charge is 0.399 e. The number of hydrogen-bond donors (Lipinski definition) is 0. The zero-order chi connectivity index (χ0) is 15.1. The van der Waals surface area contributed by atoms with Gasteiger partial charge < -0.3 is 13.9 Å². The van der Waals surface area contributed by atoms with E-state index in [0.717, 1.165) is 4.57 Å². The van der Waals surface area contributed by atoms with E-state index in [4.69, 9.17) is 9.31 Å². The molecule has 1 aliphatic rings. The molecule has 0 spiro atoms. The summed E-state index contributed by atoms with van der Waals surface area (Å²) in [5.41, 5.74) is -0.933.